The van der Waals surface area contributed by atoms with Crippen LogP contribution in [0.4, 0.5) is 0 Å². The van der Waals surface area contributed by atoms with E-state index in [1.807, 2.05) is 6.92 Å². The highest BCUT2D eigenvalue weighted by Crippen LogP contribution is 2.53. The fourth-order valence-electron chi connectivity index (χ4n) is 6.25. The van der Waals surface area contributed by atoms with Gasteiger partial charge < -0.3 is 15.9 Å². The van der Waals surface area contributed by atoms with Crippen LogP contribution >= 0.6 is 0 Å². The van der Waals surface area contributed by atoms with E-state index in [1.165, 1.54) is 6.07 Å². The van der Waals surface area contributed by atoms with Gasteiger partial charge in [0, 0.05) is 23.8 Å². The standard InChI is InChI=1S/C27H29NO7/c1-4-5-6-7-13-8-9-17(29)20-15(13)10-14-11-16-18(12(2)3)22(30)21(26(28)34)25(33)27(16,35)24(32)19(14)23(20)31/h8-9,12,14,16,18-19,21,29,35H,4-5,10-11H2,1-3H3,(H2,28,34)/t14-,16-,18-,19?,21?,27-/m0/s1. The molecule has 0 heterocycles. The lowest BCUT2D eigenvalue weighted by Gasteiger charge is -2.52. The van der Waals surface area contributed by atoms with Crippen LogP contribution in [-0.4, -0.2) is 44.9 Å². The highest BCUT2D eigenvalue weighted by atomic mass is 16.3. The van der Waals surface area contributed by atoms with Crippen LogP contribution in [0, 0.1) is 47.3 Å². The fourth-order valence-corrected chi connectivity index (χ4v) is 6.25. The second-order valence-corrected chi connectivity index (χ2v) is 10.2. The van der Waals surface area contributed by atoms with Crippen LogP contribution in [0.25, 0.3) is 0 Å². The predicted octanol–water partition coefficient (Wildman–Crippen LogP) is 1.36. The van der Waals surface area contributed by atoms with Crippen molar-refractivity contribution in [3.63, 3.8) is 0 Å². The van der Waals surface area contributed by atoms with Crippen molar-refractivity contribution < 1.29 is 34.2 Å². The number of hydrogen-bond donors (Lipinski definition) is 3. The van der Waals surface area contributed by atoms with Crippen molar-refractivity contribution in [2.24, 2.45) is 41.2 Å². The number of Topliss-reactive ketones (excluding diaryl/α,β-unsaturated/α-hetero) is 4. The van der Waals surface area contributed by atoms with Crippen LogP contribution in [0.5, 0.6) is 5.75 Å². The zero-order valence-corrected chi connectivity index (χ0v) is 20.0. The molecule has 3 aliphatic carbocycles. The molecule has 4 N–H and O–H groups in total. The largest absolute Gasteiger partial charge is 0.507 e. The third-order valence-electron chi connectivity index (χ3n) is 7.79. The number of unbranched alkanes of at least 4 members (excludes halogenated alkanes) is 1. The summed E-state index contributed by atoms with van der Waals surface area (Å²) < 4.78 is 0. The number of ketones is 4. The summed E-state index contributed by atoms with van der Waals surface area (Å²) in [5, 5.41) is 22.1. The molecule has 35 heavy (non-hydrogen) atoms. The van der Waals surface area contributed by atoms with Gasteiger partial charge >= 0.3 is 0 Å². The van der Waals surface area contributed by atoms with Gasteiger partial charge in [0.1, 0.15) is 5.75 Å². The van der Waals surface area contributed by atoms with Crippen molar-refractivity contribution in [3.05, 3.63) is 28.8 Å². The zero-order valence-electron chi connectivity index (χ0n) is 20.0. The summed E-state index contributed by atoms with van der Waals surface area (Å²) in [6.45, 7) is 5.42. The third kappa shape index (κ3) is 3.52. The number of phenols is 1. The molecule has 1 amide bonds. The Morgan fingerprint density at radius 1 is 1.20 bits per heavy atom. The molecular weight excluding hydrogens is 450 g/mol. The number of nitrogens with two attached hydrogens (primary N) is 1. The number of benzene rings is 1. The molecule has 0 bridgehead atoms. The lowest BCUT2D eigenvalue weighted by Crippen LogP contribution is -2.71. The van der Waals surface area contributed by atoms with E-state index in [4.69, 9.17) is 5.73 Å². The first kappa shape index (κ1) is 24.8. The van der Waals surface area contributed by atoms with Gasteiger partial charge in [0.2, 0.25) is 5.91 Å². The number of carbonyl (C=O) groups is 5. The van der Waals surface area contributed by atoms with Gasteiger partial charge in [-0.05, 0) is 48.8 Å². The van der Waals surface area contributed by atoms with Gasteiger partial charge in [0.25, 0.3) is 0 Å². The summed E-state index contributed by atoms with van der Waals surface area (Å²) in [5.74, 6) is -5.42. The molecule has 184 valence electrons. The molecule has 0 spiro atoms. The van der Waals surface area contributed by atoms with Crippen LogP contribution < -0.4 is 5.73 Å². The lowest BCUT2D eigenvalue weighted by atomic mass is 9.49. The molecule has 8 nitrogen and oxygen atoms in total. The van der Waals surface area contributed by atoms with E-state index in [9.17, 15) is 34.2 Å². The first-order valence-electron chi connectivity index (χ1n) is 12.0. The maximum absolute atomic E-state index is 13.7. The summed E-state index contributed by atoms with van der Waals surface area (Å²) >= 11 is 0. The smallest absolute Gasteiger partial charge is 0.235 e. The van der Waals surface area contributed by atoms with Gasteiger partial charge in [0.15, 0.2) is 34.7 Å². The van der Waals surface area contributed by atoms with Crippen LogP contribution in [0.3, 0.4) is 0 Å². The average molecular weight is 480 g/mol. The Bertz CT molecular complexity index is 1220. The Labute approximate surface area is 203 Å². The van der Waals surface area contributed by atoms with Crippen LogP contribution in [0.1, 0.15) is 61.5 Å². The van der Waals surface area contributed by atoms with Crippen LogP contribution in [0.15, 0.2) is 12.1 Å². The topological polar surface area (TPSA) is 152 Å². The molecule has 0 saturated heterocycles. The fraction of sp³-hybridized carbons (Fsp3) is 0.519. The molecule has 8 heteroatoms. The summed E-state index contributed by atoms with van der Waals surface area (Å²) in [7, 11) is 0. The Hall–Kier alpha value is -3.31. The van der Waals surface area contributed by atoms with Crippen molar-refractivity contribution in [1.82, 2.24) is 0 Å². The lowest BCUT2D eigenvalue weighted by molar-refractivity contribution is -0.182. The number of fused-ring (bicyclic) bond motifs is 3. The molecule has 1 aromatic carbocycles. The molecule has 2 fully saturated rings. The maximum atomic E-state index is 13.7. The van der Waals surface area contributed by atoms with Gasteiger partial charge in [-0.3, -0.25) is 24.0 Å². The second-order valence-electron chi connectivity index (χ2n) is 10.2. The molecule has 0 aliphatic heterocycles. The van der Waals surface area contributed by atoms with Gasteiger partial charge in [-0.25, -0.2) is 0 Å². The minimum atomic E-state index is -2.68. The quantitative estimate of drug-likeness (QED) is 0.437. The second kappa shape index (κ2) is 8.72. The first-order valence-corrected chi connectivity index (χ1v) is 12.0. The van der Waals surface area contributed by atoms with E-state index >= 15 is 0 Å². The normalized spacial score (nSPS) is 31.9. The van der Waals surface area contributed by atoms with E-state index in [1.54, 1.807) is 19.9 Å². The SMILES string of the molecule is CCCC#Cc1ccc(O)c2c1C[C@H]1C[C@H]3[C@H](C(C)C)C(=O)C(C(N)=O)C(=O)[C@@]3(O)C(=O)C1C2=O. The number of primary amides is 1. The summed E-state index contributed by atoms with van der Waals surface area (Å²) in [4.78, 5) is 65.7. The van der Waals surface area contributed by atoms with Crippen LogP contribution in [0.2, 0.25) is 0 Å². The number of amides is 1. The van der Waals surface area contributed by atoms with E-state index in [0.29, 0.717) is 17.5 Å². The highest BCUT2D eigenvalue weighted by molar-refractivity contribution is 6.31. The number of aliphatic hydroxyl groups is 1. The van der Waals surface area contributed by atoms with Crippen molar-refractivity contribution >= 4 is 29.0 Å². The van der Waals surface area contributed by atoms with Gasteiger partial charge in [-0.1, -0.05) is 32.6 Å². The molecule has 0 aromatic heterocycles. The Kier molecular flexibility index (Phi) is 6.18. The number of phenolic OH excluding ortho intramolecular Hbond substituents is 1. The maximum Gasteiger partial charge on any atom is 0.235 e. The molecule has 3 aliphatic rings. The molecule has 2 saturated carbocycles. The van der Waals surface area contributed by atoms with Gasteiger partial charge in [-0.15, -0.1) is 0 Å². The molecule has 4 rings (SSSR count). The molecule has 0 radical (unpaired) electrons. The minimum Gasteiger partial charge on any atom is -0.507 e. The molecule has 1 aromatic rings. The molecule has 2 unspecified atom stereocenters. The molecule has 6 atom stereocenters. The van der Waals surface area contributed by atoms with E-state index < -0.39 is 64.2 Å². The zero-order chi connectivity index (χ0) is 25.8. The number of hydrogen-bond acceptors (Lipinski definition) is 7. The first-order chi connectivity index (χ1) is 16.5. The van der Waals surface area contributed by atoms with Gasteiger partial charge in [0.05, 0.1) is 11.5 Å². The minimum absolute atomic E-state index is 0.0313. The monoisotopic (exact) mass is 479 g/mol. The summed E-state index contributed by atoms with van der Waals surface area (Å²) in [6.07, 6.45) is 1.80. The van der Waals surface area contributed by atoms with Gasteiger partial charge in [-0.2, -0.15) is 0 Å². The van der Waals surface area contributed by atoms with E-state index in [-0.39, 0.29) is 30.1 Å². The number of aromatic hydroxyl groups is 1. The number of carbonyl (C=O) groups excluding carboxylic acids is 5. The van der Waals surface area contributed by atoms with E-state index in [0.717, 1.165) is 6.42 Å². The summed E-state index contributed by atoms with van der Waals surface area (Å²) in [6, 6.07) is 2.98. The van der Waals surface area contributed by atoms with Crippen LogP contribution in [-0.2, 0) is 25.6 Å². The van der Waals surface area contributed by atoms with Crippen molar-refractivity contribution in [3.8, 4) is 17.6 Å². The van der Waals surface area contributed by atoms with Crippen molar-refractivity contribution in [1.29, 1.82) is 0 Å². The van der Waals surface area contributed by atoms with Crippen molar-refractivity contribution in [2.45, 2.75) is 52.1 Å². The Morgan fingerprint density at radius 3 is 2.49 bits per heavy atom. The predicted molar refractivity (Wildman–Crippen MR) is 124 cm³/mol. The summed E-state index contributed by atoms with van der Waals surface area (Å²) in [5.41, 5.74) is 3.73. The average Bonchev–Trinajstić information content (AvgIpc) is 2.77. The van der Waals surface area contributed by atoms with Crippen molar-refractivity contribution in [2.75, 3.05) is 0 Å². The Balaban J connectivity index is 1.86. The molecular formula is C27H29NO7. The van der Waals surface area contributed by atoms with E-state index in [2.05, 4.69) is 11.8 Å². The highest BCUT2D eigenvalue weighted by Gasteiger charge is 2.69. The third-order valence-corrected chi connectivity index (χ3v) is 7.79. The Morgan fingerprint density at radius 2 is 1.89 bits per heavy atom. The number of rotatable bonds is 3.